The number of aryl methyl sites for hydroxylation is 1. The van der Waals surface area contributed by atoms with Crippen molar-refractivity contribution in [2.24, 2.45) is 0 Å². The zero-order valence-electron chi connectivity index (χ0n) is 23.2. The van der Waals surface area contributed by atoms with E-state index in [-0.39, 0.29) is 24.9 Å². The first kappa shape index (κ1) is 30.9. The molecule has 1 N–H and O–H groups in total. The quantitative estimate of drug-likeness (QED) is 0.297. The number of sulfonamides is 1. The highest BCUT2D eigenvalue weighted by Gasteiger charge is 2.34. The molecule has 0 unspecified atom stereocenters. The molecular formula is C31H35Cl2N3O4S. The van der Waals surface area contributed by atoms with Crippen molar-refractivity contribution in [3.63, 3.8) is 0 Å². The van der Waals surface area contributed by atoms with E-state index in [4.69, 9.17) is 23.2 Å². The summed E-state index contributed by atoms with van der Waals surface area (Å²) < 4.78 is 27.0. The number of hydrogen-bond donors (Lipinski definition) is 1. The summed E-state index contributed by atoms with van der Waals surface area (Å²) in [5.41, 5.74) is 2.57. The van der Waals surface area contributed by atoms with E-state index in [0.29, 0.717) is 21.3 Å². The van der Waals surface area contributed by atoms with Gasteiger partial charge in [-0.15, -0.1) is 0 Å². The van der Waals surface area contributed by atoms with Crippen LogP contribution in [-0.2, 0) is 32.6 Å². The van der Waals surface area contributed by atoms with Gasteiger partial charge in [-0.05, 0) is 66.8 Å². The molecule has 0 heterocycles. The first-order valence-corrected chi connectivity index (χ1v) is 16.2. The number of amides is 2. The lowest BCUT2D eigenvalue weighted by Crippen LogP contribution is -2.54. The largest absolute Gasteiger partial charge is 0.352 e. The van der Waals surface area contributed by atoms with E-state index in [1.165, 1.54) is 4.90 Å². The van der Waals surface area contributed by atoms with Crippen LogP contribution >= 0.6 is 23.2 Å². The molecule has 41 heavy (non-hydrogen) atoms. The van der Waals surface area contributed by atoms with Gasteiger partial charge in [-0.25, -0.2) is 8.42 Å². The number of nitrogens with zero attached hydrogens (tertiary/aromatic N) is 2. The topological polar surface area (TPSA) is 86.8 Å². The average Bonchev–Trinajstić information content (AvgIpc) is 3.42. The molecule has 7 nitrogen and oxygen atoms in total. The summed E-state index contributed by atoms with van der Waals surface area (Å²) in [6.07, 6.45) is 5.20. The van der Waals surface area contributed by atoms with E-state index in [0.717, 1.165) is 47.4 Å². The van der Waals surface area contributed by atoms with Crippen molar-refractivity contribution in [3.8, 4) is 0 Å². The summed E-state index contributed by atoms with van der Waals surface area (Å²) >= 11 is 12.4. The van der Waals surface area contributed by atoms with Gasteiger partial charge in [0.1, 0.15) is 12.6 Å². The standard InChI is InChI=1S/C31H35Cl2N3O4S/c1-22-17-26(33)15-16-28(22)36(41(2,39)40)21-30(37)35(20-24-11-8-12-25(32)18-24)29(19-23-9-4-3-5-10-23)31(38)34-27-13-6-7-14-27/h3-5,8-12,15-18,27,29H,6-7,13-14,19-21H2,1-2H3,(H,34,38)/t29-/m1/s1. The highest BCUT2D eigenvalue weighted by Crippen LogP contribution is 2.27. The summed E-state index contributed by atoms with van der Waals surface area (Å²) in [5.74, 6) is -0.767. The Morgan fingerprint density at radius 2 is 1.59 bits per heavy atom. The number of halogens is 2. The van der Waals surface area contributed by atoms with Gasteiger partial charge in [-0.2, -0.15) is 0 Å². The number of carbonyl (C=O) groups excluding carboxylic acids is 2. The Morgan fingerprint density at radius 3 is 2.22 bits per heavy atom. The fourth-order valence-corrected chi connectivity index (χ4v) is 6.59. The molecule has 0 saturated heterocycles. The second kappa shape index (κ2) is 13.7. The van der Waals surface area contributed by atoms with Crippen molar-refractivity contribution in [2.75, 3.05) is 17.1 Å². The monoisotopic (exact) mass is 615 g/mol. The van der Waals surface area contributed by atoms with Crippen LogP contribution in [0.5, 0.6) is 0 Å². The fraction of sp³-hybridized carbons (Fsp3) is 0.355. The molecule has 0 aliphatic heterocycles. The lowest BCUT2D eigenvalue weighted by Gasteiger charge is -2.34. The van der Waals surface area contributed by atoms with E-state index in [2.05, 4.69) is 5.32 Å². The third-order valence-electron chi connectivity index (χ3n) is 7.32. The Balaban J connectivity index is 1.74. The van der Waals surface area contributed by atoms with Crippen molar-refractivity contribution >= 4 is 50.7 Å². The molecule has 1 fully saturated rings. The van der Waals surface area contributed by atoms with Crippen LogP contribution in [0.25, 0.3) is 0 Å². The minimum Gasteiger partial charge on any atom is -0.352 e. The Kier molecular flexibility index (Phi) is 10.3. The normalized spacial score (nSPS) is 14.4. The zero-order valence-corrected chi connectivity index (χ0v) is 25.6. The lowest BCUT2D eigenvalue weighted by molar-refractivity contribution is -0.140. The summed E-state index contributed by atoms with van der Waals surface area (Å²) in [6.45, 7) is 1.33. The molecule has 4 rings (SSSR count). The second-order valence-corrected chi connectivity index (χ2v) is 13.3. The molecule has 3 aromatic rings. The minimum absolute atomic E-state index is 0.0492. The van der Waals surface area contributed by atoms with Crippen LogP contribution in [0.1, 0.15) is 42.4 Å². The van der Waals surface area contributed by atoms with Crippen LogP contribution in [0, 0.1) is 6.92 Å². The van der Waals surface area contributed by atoms with Crippen LogP contribution in [0.2, 0.25) is 10.0 Å². The zero-order chi connectivity index (χ0) is 29.6. The van der Waals surface area contributed by atoms with Crippen LogP contribution < -0.4 is 9.62 Å². The maximum atomic E-state index is 14.2. The van der Waals surface area contributed by atoms with Gasteiger partial charge in [0.05, 0.1) is 11.9 Å². The molecule has 3 aromatic carbocycles. The summed E-state index contributed by atoms with van der Waals surface area (Å²) in [6, 6.07) is 20.6. The molecule has 1 aliphatic carbocycles. The smallest absolute Gasteiger partial charge is 0.244 e. The maximum absolute atomic E-state index is 14.2. The van der Waals surface area contributed by atoms with Gasteiger partial charge in [-0.1, -0.05) is 78.5 Å². The first-order chi connectivity index (χ1) is 19.5. The highest BCUT2D eigenvalue weighted by molar-refractivity contribution is 7.92. The number of hydrogen-bond acceptors (Lipinski definition) is 4. The van der Waals surface area contributed by atoms with Crippen molar-refractivity contribution in [2.45, 2.75) is 57.7 Å². The Morgan fingerprint density at radius 1 is 0.927 bits per heavy atom. The van der Waals surface area contributed by atoms with Gasteiger partial charge in [0, 0.05) is 29.1 Å². The maximum Gasteiger partial charge on any atom is 0.244 e. The molecular weight excluding hydrogens is 581 g/mol. The second-order valence-electron chi connectivity index (χ2n) is 10.5. The molecule has 10 heteroatoms. The summed E-state index contributed by atoms with van der Waals surface area (Å²) in [7, 11) is -3.86. The van der Waals surface area contributed by atoms with Crippen LogP contribution in [0.4, 0.5) is 5.69 Å². The van der Waals surface area contributed by atoms with E-state index in [9.17, 15) is 18.0 Å². The highest BCUT2D eigenvalue weighted by atomic mass is 35.5. The van der Waals surface area contributed by atoms with Crippen molar-refractivity contribution in [1.29, 1.82) is 0 Å². The Bertz CT molecular complexity index is 1480. The predicted molar refractivity (Wildman–Crippen MR) is 165 cm³/mol. The SMILES string of the molecule is Cc1cc(Cl)ccc1N(CC(=O)N(Cc1cccc(Cl)c1)[C@H](Cc1ccccc1)C(=O)NC1CCCC1)S(C)(=O)=O. The van der Waals surface area contributed by atoms with E-state index >= 15 is 0 Å². The van der Waals surface area contributed by atoms with Crippen molar-refractivity contribution in [3.05, 3.63) is 99.5 Å². The molecule has 0 bridgehead atoms. The molecule has 1 aliphatic rings. The molecule has 0 spiro atoms. The molecule has 1 saturated carbocycles. The molecule has 218 valence electrons. The van der Waals surface area contributed by atoms with Gasteiger partial charge < -0.3 is 10.2 Å². The average molecular weight is 617 g/mol. The van der Waals surface area contributed by atoms with Crippen LogP contribution in [-0.4, -0.2) is 50.0 Å². The fourth-order valence-electron chi connectivity index (χ4n) is 5.25. The van der Waals surface area contributed by atoms with Gasteiger partial charge in [-0.3, -0.25) is 13.9 Å². The summed E-state index contributed by atoms with van der Waals surface area (Å²) in [5, 5.41) is 4.11. The number of benzene rings is 3. The predicted octanol–water partition coefficient (Wildman–Crippen LogP) is 5.77. The van der Waals surface area contributed by atoms with Crippen molar-refractivity contribution in [1.82, 2.24) is 10.2 Å². The first-order valence-electron chi connectivity index (χ1n) is 13.6. The van der Waals surface area contributed by atoms with Gasteiger partial charge in [0.15, 0.2) is 0 Å². The van der Waals surface area contributed by atoms with Crippen LogP contribution in [0.3, 0.4) is 0 Å². The van der Waals surface area contributed by atoms with E-state index in [1.807, 2.05) is 36.4 Å². The number of nitrogens with one attached hydrogen (secondary N) is 1. The molecule has 1 atom stereocenters. The van der Waals surface area contributed by atoms with Gasteiger partial charge >= 0.3 is 0 Å². The Hall–Kier alpha value is -3.07. The number of carbonyl (C=O) groups is 2. The van der Waals surface area contributed by atoms with Crippen molar-refractivity contribution < 1.29 is 18.0 Å². The third-order valence-corrected chi connectivity index (χ3v) is 8.92. The lowest BCUT2D eigenvalue weighted by atomic mass is 10.0. The van der Waals surface area contributed by atoms with Gasteiger partial charge in [0.2, 0.25) is 21.8 Å². The third kappa shape index (κ3) is 8.47. The molecule has 0 aromatic heterocycles. The molecule has 2 amide bonds. The van der Waals surface area contributed by atoms with Crippen LogP contribution in [0.15, 0.2) is 72.8 Å². The van der Waals surface area contributed by atoms with E-state index < -0.39 is 28.5 Å². The number of rotatable bonds is 11. The molecule has 0 radical (unpaired) electrons. The Labute approximate surface area is 252 Å². The number of anilines is 1. The van der Waals surface area contributed by atoms with E-state index in [1.54, 1.807) is 43.3 Å². The van der Waals surface area contributed by atoms with Gasteiger partial charge in [0.25, 0.3) is 0 Å². The summed E-state index contributed by atoms with van der Waals surface area (Å²) in [4.78, 5) is 29.5. The minimum atomic E-state index is -3.86.